The molecule has 0 atom stereocenters. The Balaban J connectivity index is 1.92. The fraction of sp³-hybridized carbons (Fsp3) is 0.762. The normalized spacial score (nSPS) is 11.8. The van der Waals surface area contributed by atoms with Crippen molar-refractivity contribution in [1.29, 1.82) is 0 Å². The number of rotatable bonds is 16. The van der Waals surface area contributed by atoms with Gasteiger partial charge in [0.1, 0.15) is 12.7 Å². The predicted molar refractivity (Wildman–Crippen MR) is 109 cm³/mol. The van der Waals surface area contributed by atoms with Crippen molar-refractivity contribution in [3.05, 3.63) is 24.5 Å². The van der Waals surface area contributed by atoms with E-state index in [1.807, 2.05) is 10.8 Å². The highest BCUT2D eigenvalue weighted by Crippen LogP contribution is 2.12. The van der Waals surface area contributed by atoms with Gasteiger partial charge in [0.15, 0.2) is 6.20 Å². The molecule has 0 spiro atoms. The van der Waals surface area contributed by atoms with Crippen LogP contribution in [-0.2, 0) is 6.54 Å². The Morgan fingerprint density at radius 3 is 1.65 bits per heavy atom. The number of hydrogen-bond donors (Lipinski definition) is 3. The second kappa shape index (κ2) is 14.2. The molecule has 1 rings (SSSR count). The highest BCUT2D eigenvalue weighted by Gasteiger charge is 2.20. The molecule has 4 nitrogen and oxygen atoms in total. The minimum absolute atomic E-state index is 0.165. The summed E-state index contributed by atoms with van der Waals surface area (Å²) in [6, 6.07) is 3.26. The van der Waals surface area contributed by atoms with Gasteiger partial charge in [0.25, 0.3) is 0 Å². The van der Waals surface area contributed by atoms with Gasteiger partial charge in [-0.25, -0.2) is 4.57 Å². The summed E-state index contributed by atoms with van der Waals surface area (Å²) in [6.45, 7) is -0.278. The van der Waals surface area contributed by atoms with E-state index in [4.69, 9.17) is 0 Å². The maximum atomic E-state index is 9.27. The summed E-state index contributed by atoms with van der Waals surface area (Å²) in [4.78, 5) is 0. The minimum atomic E-state index is -3.39. The molecule has 3 N–H and O–H groups in total. The zero-order chi connectivity index (χ0) is 19.1. The predicted octanol–water partition coefficient (Wildman–Crippen LogP) is 3.58. The van der Waals surface area contributed by atoms with Crippen molar-refractivity contribution < 1.29 is 19.6 Å². The molecule has 26 heavy (non-hydrogen) atoms. The number of aryl methyl sites for hydroxylation is 1. The van der Waals surface area contributed by atoms with Gasteiger partial charge >= 0.3 is 6.75 Å². The first kappa shape index (κ1) is 23.1. The van der Waals surface area contributed by atoms with Crippen LogP contribution in [-0.4, -0.2) is 21.8 Å². The third kappa shape index (κ3) is 11.7. The Bertz CT molecular complexity index is 463. The zero-order valence-electron chi connectivity index (χ0n) is 16.8. The van der Waals surface area contributed by atoms with Crippen LogP contribution in [0, 0.1) is 0 Å². The third-order valence-electron chi connectivity index (χ3n) is 5.10. The second-order valence-electron chi connectivity index (χ2n) is 7.71. The van der Waals surface area contributed by atoms with Crippen LogP contribution < -0.4 is 10.0 Å². The number of hydrogen-bond acceptors (Lipinski definition) is 3. The number of aromatic nitrogens is 1. The van der Waals surface area contributed by atoms with Gasteiger partial charge in [0.05, 0.1) is 0 Å². The molecular weight excluding hydrogens is 325 g/mol. The Morgan fingerprint density at radius 2 is 1.19 bits per heavy atom. The molecule has 0 radical (unpaired) electrons. The average Bonchev–Trinajstić information content (AvgIpc) is 2.61. The van der Waals surface area contributed by atoms with Crippen LogP contribution in [0.15, 0.2) is 24.5 Å². The van der Waals surface area contributed by atoms with Gasteiger partial charge in [0, 0.05) is 6.42 Å². The molecule has 150 valence electrons. The van der Waals surface area contributed by atoms with Gasteiger partial charge in [-0.1, -0.05) is 95.5 Å². The minimum Gasteiger partial charge on any atom is -0.556 e. The molecule has 0 bridgehead atoms. The zero-order valence-corrected chi connectivity index (χ0v) is 16.8. The Labute approximate surface area is 160 Å². The lowest BCUT2D eigenvalue weighted by Gasteiger charge is -2.19. The number of nitrogens with zero attached hydrogens (tertiary/aromatic N) is 1. The van der Waals surface area contributed by atoms with E-state index in [0.717, 1.165) is 13.0 Å². The van der Waals surface area contributed by atoms with E-state index >= 15 is 0 Å². The van der Waals surface area contributed by atoms with Crippen molar-refractivity contribution in [2.75, 3.05) is 0 Å². The van der Waals surface area contributed by atoms with Crippen molar-refractivity contribution in [3.63, 3.8) is 0 Å². The molecule has 0 unspecified atom stereocenters. The first-order valence-corrected chi connectivity index (χ1v) is 10.8. The van der Waals surface area contributed by atoms with Crippen LogP contribution in [0.4, 0.5) is 0 Å². The van der Waals surface area contributed by atoms with E-state index in [2.05, 4.69) is 6.92 Å². The topological polar surface area (TPSA) is 64.6 Å². The van der Waals surface area contributed by atoms with Crippen molar-refractivity contribution >= 4 is 12.2 Å². The summed E-state index contributed by atoms with van der Waals surface area (Å²) in [5.74, 6) is 0. The van der Waals surface area contributed by atoms with Crippen LogP contribution in [0.1, 0.15) is 96.8 Å². The molecule has 0 aliphatic carbocycles. The van der Waals surface area contributed by atoms with Crippen LogP contribution in [0.25, 0.3) is 0 Å². The largest absolute Gasteiger partial charge is 0.556 e. The molecule has 1 heterocycles. The lowest BCUT2D eigenvalue weighted by molar-refractivity contribution is -0.696. The number of unbranched alkanes of at least 4 members (excludes halogenated alkanes) is 13. The summed E-state index contributed by atoms with van der Waals surface area (Å²) >= 11 is 0. The molecule has 1 aromatic rings. The van der Waals surface area contributed by atoms with Crippen LogP contribution in [0.5, 0.6) is 0 Å². The maximum Gasteiger partial charge on any atom is 0.408 e. The van der Waals surface area contributed by atoms with E-state index < -0.39 is 6.75 Å². The molecule has 5 heteroatoms. The summed E-state index contributed by atoms with van der Waals surface area (Å²) < 4.78 is 1.91. The molecule has 0 aliphatic heterocycles. The smallest absolute Gasteiger partial charge is 0.408 e. The average molecular weight is 365 g/mol. The van der Waals surface area contributed by atoms with Gasteiger partial charge in [0.2, 0.25) is 0 Å². The van der Waals surface area contributed by atoms with Gasteiger partial charge in [-0.05, 0) is 12.5 Å². The first-order chi connectivity index (χ1) is 12.5. The molecular formula is C21H40BNO3. The van der Waals surface area contributed by atoms with Gasteiger partial charge in [-0.15, -0.1) is 0 Å². The number of pyridine rings is 1. The highest BCUT2D eigenvalue weighted by atomic mass is 16.5. The summed E-state index contributed by atoms with van der Waals surface area (Å²) in [5.41, 5.74) is 0.165. The van der Waals surface area contributed by atoms with Crippen molar-refractivity contribution in [1.82, 2.24) is 0 Å². The summed E-state index contributed by atoms with van der Waals surface area (Å²) in [6.07, 6.45) is 22.3. The van der Waals surface area contributed by atoms with Crippen molar-refractivity contribution in [2.24, 2.45) is 0 Å². The summed E-state index contributed by atoms with van der Waals surface area (Å²) in [7, 11) is 0. The highest BCUT2D eigenvalue weighted by molar-refractivity contribution is 6.71. The Kier molecular flexibility index (Phi) is 12.6. The molecule has 0 fully saturated rings. The van der Waals surface area contributed by atoms with E-state index in [-0.39, 0.29) is 5.46 Å². The second-order valence-corrected chi connectivity index (χ2v) is 7.71. The Morgan fingerprint density at radius 1 is 0.731 bits per heavy atom. The van der Waals surface area contributed by atoms with Crippen molar-refractivity contribution in [2.45, 2.75) is 103 Å². The first-order valence-electron chi connectivity index (χ1n) is 10.8. The molecule has 0 aromatic carbocycles. The van der Waals surface area contributed by atoms with Crippen LogP contribution >= 0.6 is 0 Å². The summed E-state index contributed by atoms with van der Waals surface area (Å²) in [5, 5.41) is 27.8. The van der Waals surface area contributed by atoms with Gasteiger partial charge in [-0.3, -0.25) is 0 Å². The fourth-order valence-corrected chi connectivity index (χ4v) is 3.40. The Hall–Kier alpha value is -0.905. The molecule has 0 amide bonds. The quantitative estimate of drug-likeness (QED) is 0.238. The van der Waals surface area contributed by atoms with E-state index in [0.29, 0.717) is 0 Å². The van der Waals surface area contributed by atoms with E-state index in [1.54, 1.807) is 12.3 Å². The molecule has 0 saturated carbocycles. The lowest BCUT2D eigenvalue weighted by atomic mass is 9.72. The van der Waals surface area contributed by atoms with Crippen LogP contribution in [0.2, 0.25) is 0 Å². The van der Waals surface area contributed by atoms with Crippen molar-refractivity contribution in [3.8, 4) is 0 Å². The molecule has 1 aromatic heterocycles. The molecule has 0 saturated heterocycles. The van der Waals surface area contributed by atoms with Gasteiger partial charge in [-0.2, -0.15) is 0 Å². The third-order valence-corrected chi connectivity index (χ3v) is 5.10. The molecule has 0 aliphatic rings. The monoisotopic (exact) mass is 365 g/mol. The maximum absolute atomic E-state index is 9.27. The van der Waals surface area contributed by atoms with E-state index in [1.165, 1.54) is 89.5 Å². The van der Waals surface area contributed by atoms with E-state index in [9.17, 15) is 15.1 Å². The van der Waals surface area contributed by atoms with Gasteiger partial charge < -0.3 is 15.1 Å². The SMILES string of the molecule is CCCCCCCCCCCCCCCC[n+]1cccc([B-](O)(O)O)c1. The lowest BCUT2D eigenvalue weighted by Crippen LogP contribution is -2.52. The van der Waals surface area contributed by atoms with Crippen LogP contribution in [0.3, 0.4) is 0 Å². The standard InChI is InChI=1S/C21H40BNO3/c1-2-3-4-5-6-7-8-9-10-11-12-13-14-15-18-23-19-16-17-21(20-23)22(24,25)26/h16-17,19-20,24-26H,2-15,18H2,1H3. The fourth-order valence-electron chi connectivity index (χ4n) is 3.40.